The lowest BCUT2D eigenvalue weighted by molar-refractivity contribution is 0.408. The summed E-state index contributed by atoms with van der Waals surface area (Å²) in [6.07, 6.45) is 5.70. The Morgan fingerprint density at radius 2 is 2.31 bits per heavy atom. The lowest BCUT2D eigenvalue weighted by Gasteiger charge is -2.24. The molecule has 1 aliphatic rings. The predicted molar refractivity (Wildman–Crippen MR) is 51.2 cm³/mol. The first kappa shape index (κ1) is 8.63. The Bertz CT molecular complexity index is 292. The molecule has 0 bridgehead atoms. The summed E-state index contributed by atoms with van der Waals surface area (Å²) in [5.74, 6) is 1.44. The highest BCUT2D eigenvalue weighted by molar-refractivity contribution is 5.12. The second-order valence-corrected chi connectivity index (χ2v) is 3.76. The minimum atomic E-state index is -0.0555. The second kappa shape index (κ2) is 3.42. The van der Waals surface area contributed by atoms with Crippen LogP contribution >= 0.6 is 0 Å². The van der Waals surface area contributed by atoms with Gasteiger partial charge in [-0.05, 0) is 25.8 Å². The van der Waals surface area contributed by atoms with Gasteiger partial charge in [0.05, 0.1) is 6.04 Å². The number of nitrogens with zero attached hydrogens (tertiary/aromatic N) is 2. The standard InChI is InChI=1S/C10H15N3/c1-7(11)10-12-6-5-9(13-10)8-3-2-4-8/h5-8H,2-4,11H2,1H3. The Morgan fingerprint density at radius 1 is 1.54 bits per heavy atom. The molecule has 1 aromatic heterocycles. The molecule has 1 fully saturated rings. The molecular formula is C10H15N3. The second-order valence-electron chi connectivity index (χ2n) is 3.76. The average molecular weight is 177 g/mol. The molecule has 0 spiro atoms. The van der Waals surface area contributed by atoms with Crippen LogP contribution in [0.2, 0.25) is 0 Å². The summed E-state index contributed by atoms with van der Waals surface area (Å²) in [6, 6.07) is 1.95. The first-order valence-electron chi connectivity index (χ1n) is 4.86. The summed E-state index contributed by atoms with van der Waals surface area (Å²) >= 11 is 0. The predicted octanol–water partition coefficient (Wildman–Crippen LogP) is 1.76. The molecule has 13 heavy (non-hydrogen) atoms. The number of nitrogens with two attached hydrogens (primary N) is 1. The molecule has 3 nitrogen and oxygen atoms in total. The van der Waals surface area contributed by atoms with Gasteiger partial charge in [-0.3, -0.25) is 0 Å². The molecule has 0 aromatic carbocycles. The van der Waals surface area contributed by atoms with Crippen LogP contribution in [-0.2, 0) is 0 Å². The van der Waals surface area contributed by atoms with Gasteiger partial charge in [-0.1, -0.05) is 6.42 Å². The summed E-state index contributed by atoms with van der Waals surface area (Å²) in [5.41, 5.74) is 6.89. The Balaban J connectivity index is 2.21. The van der Waals surface area contributed by atoms with Gasteiger partial charge >= 0.3 is 0 Å². The monoisotopic (exact) mass is 177 g/mol. The van der Waals surface area contributed by atoms with Gasteiger partial charge in [0, 0.05) is 17.8 Å². The van der Waals surface area contributed by atoms with Crippen molar-refractivity contribution in [3.8, 4) is 0 Å². The van der Waals surface area contributed by atoms with Gasteiger partial charge in [-0.25, -0.2) is 9.97 Å². The summed E-state index contributed by atoms with van der Waals surface area (Å²) < 4.78 is 0. The van der Waals surface area contributed by atoms with Gasteiger partial charge in [0.2, 0.25) is 0 Å². The SMILES string of the molecule is CC(N)c1nccc(C2CCC2)n1. The van der Waals surface area contributed by atoms with Gasteiger partial charge in [0.1, 0.15) is 5.82 Å². The number of aromatic nitrogens is 2. The molecule has 0 saturated heterocycles. The van der Waals surface area contributed by atoms with Crippen molar-refractivity contribution in [1.29, 1.82) is 0 Å². The van der Waals surface area contributed by atoms with E-state index < -0.39 is 0 Å². The Labute approximate surface area is 78.4 Å². The van der Waals surface area contributed by atoms with Crippen LogP contribution in [0.5, 0.6) is 0 Å². The van der Waals surface area contributed by atoms with Gasteiger partial charge < -0.3 is 5.73 Å². The summed E-state index contributed by atoms with van der Waals surface area (Å²) in [7, 11) is 0. The zero-order valence-corrected chi connectivity index (χ0v) is 7.90. The van der Waals surface area contributed by atoms with Gasteiger partial charge in [-0.2, -0.15) is 0 Å². The molecule has 2 rings (SSSR count). The summed E-state index contributed by atoms with van der Waals surface area (Å²) in [4.78, 5) is 8.60. The van der Waals surface area contributed by atoms with Gasteiger partial charge in [-0.15, -0.1) is 0 Å². The van der Waals surface area contributed by atoms with Gasteiger partial charge in [0.25, 0.3) is 0 Å². The first-order valence-corrected chi connectivity index (χ1v) is 4.86. The highest BCUT2D eigenvalue weighted by Gasteiger charge is 2.21. The maximum Gasteiger partial charge on any atom is 0.144 e. The van der Waals surface area contributed by atoms with E-state index in [-0.39, 0.29) is 6.04 Å². The molecule has 1 atom stereocenters. The van der Waals surface area contributed by atoms with Crippen LogP contribution < -0.4 is 5.73 Å². The van der Waals surface area contributed by atoms with Crippen molar-refractivity contribution in [2.45, 2.75) is 38.1 Å². The molecule has 0 amide bonds. The van der Waals surface area contributed by atoms with Gasteiger partial charge in [0.15, 0.2) is 0 Å². The first-order chi connectivity index (χ1) is 6.27. The quantitative estimate of drug-likeness (QED) is 0.749. The molecule has 1 unspecified atom stereocenters. The van der Waals surface area contributed by atoms with E-state index in [1.54, 1.807) is 0 Å². The average Bonchev–Trinajstić information content (AvgIpc) is 2.01. The van der Waals surface area contributed by atoms with E-state index >= 15 is 0 Å². The Hall–Kier alpha value is -0.960. The Kier molecular flexibility index (Phi) is 2.27. The van der Waals surface area contributed by atoms with Crippen molar-refractivity contribution in [2.75, 3.05) is 0 Å². The van der Waals surface area contributed by atoms with Crippen molar-refractivity contribution in [3.63, 3.8) is 0 Å². The van der Waals surface area contributed by atoms with Crippen LogP contribution in [0, 0.1) is 0 Å². The van der Waals surface area contributed by atoms with Crippen LogP contribution in [0.3, 0.4) is 0 Å². The van der Waals surface area contributed by atoms with Crippen molar-refractivity contribution in [1.82, 2.24) is 9.97 Å². The molecule has 70 valence electrons. The normalized spacial score (nSPS) is 19.5. The molecule has 1 saturated carbocycles. The Morgan fingerprint density at radius 3 is 2.85 bits per heavy atom. The summed E-state index contributed by atoms with van der Waals surface area (Å²) in [6.45, 7) is 1.92. The fourth-order valence-corrected chi connectivity index (χ4v) is 1.54. The fraction of sp³-hybridized carbons (Fsp3) is 0.600. The minimum Gasteiger partial charge on any atom is -0.322 e. The number of hydrogen-bond donors (Lipinski definition) is 1. The van der Waals surface area contributed by atoms with Crippen LogP contribution in [0.25, 0.3) is 0 Å². The van der Waals surface area contributed by atoms with E-state index in [0.29, 0.717) is 5.92 Å². The van der Waals surface area contributed by atoms with Crippen LogP contribution in [-0.4, -0.2) is 9.97 Å². The summed E-state index contributed by atoms with van der Waals surface area (Å²) in [5, 5.41) is 0. The number of rotatable bonds is 2. The molecular weight excluding hydrogens is 162 g/mol. The highest BCUT2D eigenvalue weighted by atomic mass is 14.9. The van der Waals surface area contributed by atoms with E-state index in [1.807, 2.05) is 19.2 Å². The molecule has 1 aromatic rings. The number of hydrogen-bond acceptors (Lipinski definition) is 3. The van der Waals surface area contributed by atoms with E-state index in [1.165, 1.54) is 25.0 Å². The zero-order valence-electron chi connectivity index (χ0n) is 7.90. The minimum absolute atomic E-state index is 0.0555. The molecule has 1 heterocycles. The molecule has 3 heteroatoms. The lowest BCUT2D eigenvalue weighted by Crippen LogP contribution is -2.15. The zero-order chi connectivity index (χ0) is 9.26. The lowest BCUT2D eigenvalue weighted by atomic mass is 9.83. The molecule has 1 aliphatic carbocycles. The fourth-order valence-electron chi connectivity index (χ4n) is 1.54. The van der Waals surface area contributed by atoms with Crippen LogP contribution in [0.4, 0.5) is 0 Å². The van der Waals surface area contributed by atoms with Crippen molar-refractivity contribution in [2.24, 2.45) is 5.73 Å². The topological polar surface area (TPSA) is 51.8 Å². The molecule has 0 aliphatic heterocycles. The van der Waals surface area contributed by atoms with Crippen LogP contribution in [0.1, 0.15) is 49.7 Å². The van der Waals surface area contributed by atoms with E-state index in [4.69, 9.17) is 5.73 Å². The maximum absolute atomic E-state index is 5.72. The molecule has 0 radical (unpaired) electrons. The van der Waals surface area contributed by atoms with Crippen LogP contribution in [0.15, 0.2) is 12.3 Å². The van der Waals surface area contributed by atoms with Crippen molar-refractivity contribution in [3.05, 3.63) is 23.8 Å². The third kappa shape index (κ3) is 1.70. The largest absolute Gasteiger partial charge is 0.322 e. The highest BCUT2D eigenvalue weighted by Crippen LogP contribution is 2.35. The van der Waals surface area contributed by atoms with E-state index in [0.717, 1.165) is 5.82 Å². The van der Waals surface area contributed by atoms with Crippen molar-refractivity contribution < 1.29 is 0 Å². The third-order valence-electron chi connectivity index (χ3n) is 2.63. The smallest absolute Gasteiger partial charge is 0.144 e. The van der Waals surface area contributed by atoms with E-state index in [9.17, 15) is 0 Å². The third-order valence-corrected chi connectivity index (χ3v) is 2.63. The molecule has 2 N–H and O–H groups in total. The van der Waals surface area contributed by atoms with E-state index in [2.05, 4.69) is 9.97 Å². The van der Waals surface area contributed by atoms with Crippen molar-refractivity contribution >= 4 is 0 Å². The maximum atomic E-state index is 5.72.